The second-order valence-electron chi connectivity index (χ2n) is 4.07. The summed E-state index contributed by atoms with van der Waals surface area (Å²) in [6.07, 6.45) is -0.228. The summed E-state index contributed by atoms with van der Waals surface area (Å²) in [6, 6.07) is 9.54. The molecular weight excluding hydrogens is 204 g/mol. The van der Waals surface area contributed by atoms with Crippen LogP contribution in [0.5, 0.6) is 0 Å². The topological polar surface area (TPSA) is 46.5 Å². The lowest BCUT2D eigenvalue weighted by molar-refractivity contribution is -0.146. The Morgan fingerprint density at radius 3 is 2.50 bits per heavy atom. The summed E-state index contributed by atoms with van der Waals surface area (Å²) in [5, 5.41) is 9.25. The van der Waals surface area contributed by atoms with Gasteiger partial charge in [-0.05, 0) is 18.4 Å². The largest absolute Gasteiger partial charge is 0.461 e. The minimum absolute atomic E-state index is 0.0664. The molecule has 1 rings (SSSR count). The van der Waals surface area contributed by atoms with Gasteiger partial charge in [-0.3, -0.25) is 4.79 Å². The molecule has 0 radical (unpaired) electrons. The number of benzene rings is 1. The molecule has 0 bridgehead atoms. The lowest BCUT2D eigenvalue weighted by atomic mass is 10.0. The zero-order valence-corrected chi connectivity index (χ0v) is 9.72. The van der Waals surface area contributed by atoms with Crippen molar-refractivity contribution in [1.82, 2.24) is 0 Å². The van der Waals surface area contributed by atoms with Crippen molar-refractivity contribution < 1.29 is 14.6 Å². The van der Waals surface area contributed by atoms with Crippen molar-refractivity contribution in [3.05, 3.63) is 35.9 Å². The summed E-state index contributed by atoms with van der Waals surface area (Å²) in [5.41, 5.74) is 0.973. The van der Waals surface area contributed by atoms with Gasteiger partial charge in [0.15, 0.2) is 0 Å². The average Bonchev–Trinajstić information content (AvgIpc) is 2.27. The number of hydrogen-bond donors (Lipinski definition) is 1. The molecule has 3 heteroatoms. The Balaban J connectivity index is 2.31. The lowest BCUT2D eigenvalue weighted by Crippen LogP contribution is -2.18. The summed E-state index contributed by atoms with van der Waals surface area (Å²) in [6.45, 7) is 3.80. The highest BCUT2D eigenvalue weighted by molar-refractivity contribution is 5.69. The third-order valence-electron chi connectivity index (χ3n) is 2.55. The third-order valence-corrected chi connectivity index (χ3v) is 2.55. The van der Waals surface area contributed by atoms with Gasteiger partial charge in [0.25, 0.3) is 0 Å². The molecule has 88 valence electrons. The van der Waals surface area contributed by atoms with Crippen LogP contribution in [0.25, 0.3) is 0 Å². The normalized spacial score (nSPS) is 14.2. The molecular formula is C13H18O3. The van der Waals surface area contributed by atoms with E-state index in [0.717, 1.165) is 5.56 Å². The van der Waals surface area contributed by atoms with Gasteiger partial charge in [0.2, 0.25) is 0 Å². The van der Waals surface area contributed by atoms with Crippen LogP contribution >= 0.6 is 0 Å². The highest BCUT2D eigenvalue weighted by Gasteiger charge is 2.14. The number of carbonyl (C=O) groups is 1. The van der Waals surface area contributed by atoms with E-state index in [2.05, 4.69) is 0 Å². The molecule has 0 amide bonds. The van der Waals surface area contributed by atoms with Crippen molar-refractivity contribution in [3.8, 4) is 0 Å². The molecule has 1 unspecified atom stereocenters. The Morgan fingerprint density at radius 1 is 1.31 bits per heavy atom. The Bertz CT molecular complexity index is 319. The van der Waals surface area contributed by atoms with Crippen LogP contribution in [0.2, 0.25) is 0 Å². The van der Waals surface area contributed by atoms with Crippen molar-refractivity contribution in [2.24, 2.45) is 5.92 Å². The van der Waals surface area contributed by atoms with E-state index in [1.54, 1.807) is 6.92 Å². The first-order valence-electron chi connectivity index (χ1n) is 5.47. The van der Waals surface area contributed by atoms with Gasteiger partial charge in [0, 0.05) is 0 Å². The fourth-order valence-corrected chi connectivity index (χ4v) is 1.23. The van der Waals surface area contributed by atoms with E-state index in [-0.39, 0.29) is 18.3 Å². The summed E-state index contributed by atoms with van der Waals surface area (Å²) < 4.78 is 5.10. The minimum Gasteiger partial charge on any atom is -0.461 e. The Labute approximate surface area is 96.1 Å². The maximum absolute atomic E-state index is 11.4. The molecule has 16 heavy (non-hydrogen) atoms. The second-order valence-corrected chi connectivity index (χ2v) is 4.07. The van der Waals surface area contributed by atoms with Gasteiger partial charge in [-0.2, -0.15) is 0 Å². The van der Waals surface area contributed by atoms with E-state index >= 15 is 0 Å². The highest BCUT2D eigenvalue weighted by Crippen LogP contribution is 2.09. The molecule has 0 aromatic heterocycles. The fraction of sp³-hybridized carbons (Fsp3) is 0.462. The van der Waals surface area contributed by atoms with E-state index in [1.165, 1.54) is 0 Å². The predicted octanol–water partition coefficient (Wildman–Crippen LogP) is 2.14. The number of hydrogen-bond acceptors (Lipinski definition) is 3. The monoisotopic (exact) mass is 222 g/mol. The van der Waals surface area contributed by atoms with Gasteiger partial charge in [-0.15, -0.1) is 0 Å². The standard InChI is InChI=1S/C13H18O3/c1-10(11(2)14)8-13(15)16-9-12-6-4-3-5-7-12/h3-7,10-11,14H,8-9H2,1-2H3/t10-,11?/m0/s1. The zero-order valence-electron chi connectivity index (χ0n) is 9.72. The fourth-order valence-electron chi connectivity index (χ4n) is 1.23. The van der Waals surface area contributed by atoms with Crippen LogP contribution in [-0.4, -0.2) is 17.2 Å². The molecule has 0 heterocycles. The molecule has 2 atom stereocenters. The summed E-state index contributed by atoms with van der Waals surface area (Å²) in [4.78, 5) is 11.4. The van der Waals surface area contributed by atoms with Crippen LogP contribution in [0.15, 0.2) is 30.3 Å². The van der Waals surface area contributed by atoms with Crippen molar-refractivity contribution >= 4 is 5.97 Å². The van der Waals surface area contributed by atoms with Crippen LogP contribution in [0.3, 0.4) is 0 Å². The molecule has 3 nitrogen and oxygen atoms in total. The van der Waals surface area contributed by atoms with Crippen molar-refractivity contribution in [2.75, 3.05) is 0 Å². The summed E-state index contributed by atoms with van der Waals surface area (Å²) >= 11 is 0. The molecule has 0 saturated heterocycles. The number of ether oxygens (including phenoxy) is 1. The van der Waals surface area contributed by atoms with E-state index < -0.39 is 6.10 Å². The second kappa shape index (κ2) is 6.28. The molecule has 0 fully saturated rings. The summed E-state index contributed by atoms with van der Waals surface area (Å²) in [7, 11) is 0. The number of aliphatic hydroxyl groups excluding tert-OH is 1. The Morgan fingerprint density at radius 2 is 1.94 bits per heavy atom. The van der Waals surface area contributed by atoms with E-state index in [1.807, 2.05) is 37.3 Å². The van der Waals surface area contributed by atoms with Crippen LogP contribution in [-0.2, 0) is 16.1 Å². The van der Waals surface area contributed by atoms with Crippen molar-refractivity contribution in [2.45, 2.75) is 33.0 Å². The first kappa shape index (κ1) is 12.7. The predicted molar refractivity (Wildman–Crippen MR) is 61.7 cm³/mol. The molecule has 1 N–H and O–H groups in total. The number of carbonyl (C=O) groups excluding carboxylic acids is 1. The van der Waals surface area contributed by atoms with Crippen LogP contribution in [0.1, 0.15) is 25.8 Å². The third kappa shape index (κ3) is 4.45. The van der Waals surface area contributed by atoms with Crippen LogP contribution in [0, 0.1) is 5.92 Å². The smallest absolute Gasteiger partial charge is 0.306 e. The Hall–Kier alpha value is -1.35. The molecule has 0 saturated carbocycles. The van der Waals surface area contributed by atoms with Gasteiger partial charge in [-0.1, -0.05) is 37.3 Å². The highest BCUT2D eigenvalue weighted by atomic mass is 16.5. The first-order valence-corrected chi connectivity index (χ1v) is 5.47. The van der Waals surface area contributed by atoms with Gasteiger partial charge < -0.3 is 9.84 Å². The average molecular weight is 222 g/mol. The van der Waals surface area contributed by atoms with Crippen LogP contribution in [0.4, 0.5) is 0 Å². The quantitative estimate of drug-likeness (QED) is 0.776. The van der Waals surface area contributed by atoms with E-state index in [4.69, 9.17) is 4.74 Å². The van der Waals surface area contributed by atoms with E-state index in [0.29, 0.717) is 6.61 Å². The number of esters is 1. The van der Waals surface area contributed by atoms with Gasteiger partial charge in [0.1, 0.15) is 6.61 Å². The lowest BCUT2D eigenvalue weighted by Gasteiger charge is -2.13. The van der Waals surface area contributed by atoms with Gasteiger partial charge >= 0.3 is 5.97 Å². The molecule has 0 aliphatic rings. The van der Waals surface area contributed by atoms with Crippen molar-refractivity contribution in [1.29, 1.82) is 0 Å². The molecule has 0 spiro atoms. The number of aliphatic hydroxyl groups is 1. The Kier molecular flexibility index (Phi) is 4.99. The maximum atomic E-state index is 11.4. The van der Waals surface area contributed by atoms with Gasteiger partial charge in [-0.25, -0.2) is 0 Å². The molecule has 0 aliphatic heterocycles. The molecule has 1 aromatic carbocycles. The minimum atomic E-state index is -0.482. The van der Waals surface area contributed by atoms with Gasteiger partial charge in [0.05, 0.1) is 12.5 Å². The van der Waals surface area contributed by atoms with Crippen LogP contribution < -0.4 is 0 Å². The summed E-state index contributed by atoms with van der Waals surface area (Å²) in [5.74, 6) is -0.333. The zero-order chi connectivity index (χ0) is 12.0. The molecule has 0 aliphatic carbocycles. The van der Waals surface area contributed by atoms with E-state index in [9.17, 15) is 9.90 Å². The maximum Gasteiger partial charge on any atom is 0.306 e. The molecule has 1 aromatic rings. The SMILES string of the molecule is CC(O)[C@@H](C)CC(=O)OCc1ccccc1. The number of rotatable bonds is 5. The first-order chi connectivity index (χ1) is 7.59. The van der Waals surface area contributed by atoms with Crippen molar-refractivity contribution in [3.63, 3.8) is 0 Å².